The number of rotatable bonds is 5. The molecule has 0 bridgehead atoms. The van der Waals surface area contributed by atoms with Crippen LogP contribution in [-0.2, 0) is 6.54 Å². The van der Waals surface area contributed by atoms with Gasteiger partial charge in [0, 0.05) is 13.6 Å². The van der Waals surface area contributed by atoms with Crippen LogP contribution in [0.5, 0.6) is 5.75 Å². The lowest BCUT2D eigenvalue weighted by Gasteiger charge is -2.08. The Morgan fingerprint density at radius 3 is 2.78 bits per heavy atom. The number of benzene rings is 1. The predicted molar refractivity (Wildman–Crippen MR) is 74.1 cm³/mol. The molecule has 0 atom stereocenters. The Balaban J connectivity index is 2.01. The van der Waals surface area contributed by atoms with E-state index in [0.717, 1.165) is 23.7 Å². The number of pyridine rings is 1. The third-order valence-corrected chi connectivity index (χ3v) is 2.66. The molecule has 18 heavy (non-hydrogen) atoms. The average molecular weight is 243 g/mol. The van der Waals surface area contributed by atoms with Crippen LogP contribution in [0.3, 0.4) is 0 Å². The van der Waals surface area contributed by atoms with Crippen molar-refractivity contribution in [2.75, 3.05) is 24.8 Å². The van der Waals surface area contributed by atoms with Crippen LogP contribution in [0.1, 0.15) is 5.56 Å². The first-order valence-corrected chi connectivity index (χ1v) is 5.81. The Labute approximate surface area is 107 Å². The molecule has 1 heterocycles. The highest BCUT2D eigenvalue weighted by molar-refractivity contribution is 5.53. The van der Waals surface area contributed by atoms with E-state index in [1.54, 1.807) is 19.5 Å². The predicted octanol–water partition coefficient (Wildman–Crippen LogP) is 2.74. The van der Waals surface area contributed by atoms with Crippen LogP contribution in [0.25, 0.3) is 0 Å². The van der Waals surface area contributed by atoms with Crippen molar-refractivity contribution in [3.05, 3.63) is 48.3 Å². The maximum Gasteiger partial charge on any atom is 0.119 e. The van der Waals surface area contributed by atoms with Gasteiger partial charge in [-0.3, -0.25) is 4.98 Å². The third kappa shape index (κ3) is 3.13. The Bertz CT molecular complexity index is 466. The summed E-state index contributed by atoms with van der Waals surface area (Å²) in [6.07, 6.45) is 3.59. The summed E-state index contributed by atoms with van der Waals surface area (Å²) >= 11 is 0. The first-order chi connectivity index (χ1) is 8.81. The highest BCUT2D eigenvalue weighted by atomic mass is 16.5. The Morgan fingerprint density at radius 1 is 1.17 bits per heavy atom. The third-order valence-electron chi connectivity index (χ3n) is 2.66. The topological polar surface area (TPSA) is 46.2 Å². The van der Waals surface area contributed by atoms with Gasteiger partial charge < -0.3 is 15.4 Å². The molecule has 94 valence electrons. The summed E-state index contributed by atoms with van der Waals surface area (Å²) in [5, 5.41) is 6.39. The van der Waals surface area contributed by atoms with Gasteiger partial charge in [-0.2, -0.15) is 0 Å². The van der Waals surface area contributed by atoms with Crippen LogP contribution in [0.4, 0.5) is 11.4 Å². The summed E-state index contributed by atoms with van der Waals surface area (Å²) in [7, 11) is 3.55. The van der Waals surface area contributed by atoms with Crippen molar-refractivity contribution in [1.82, 2.24) is 4.98 Å². The van der Waals surface area contributed by atoms with E-state index in [1.807, 2.05) is 31.3 Å². The molecule has 2 aromatic rings. The van der Waals surface area contributed by atoms with E-state index in [-0.39, 0.29) is 0 Å². The number of hydrogen-bond donors (Lipinski definition) is 2. The number of nitrogens with zero attached hydrogens (tertiary/aromatic N) is 1. The molecule has 0 radical (unpaired) electrons. The van der Waals surface area contributed by atoms with E-state index < -0.39 is 0 Å². The number of hydrogen-bond acceptors (Lipinski definition) is 4. The Kier molecular flexibility index (Phi) is 4.02. The molecule has 2 N–H and O–H groups in total. The van der Waals surface area contributed by atoms with Gasteiger partial charge in [0.15, 0.2) is 0 Å². The summed E-state index contributed by atoms with van der Waals surface area (Å²) in [5.41, 5.74) is 3.15. The van der Waals surface area contributed by atoms with Gasteiger partial charge in [0.05, 0.1) is 30.9 Å². The maximum absolute atomic E-state index is 5.19. The normalized spacial score (nSPS) is 9.89. The van der Waals surface area contributed by atoms with Gasteiger partial charge in [0.2, 0.25) is 0 Å². The lowest BCUT2D eigenvalue weighted by molar-refractivity contribution is 0.414. The van der Waals surface area contributed by atoms with Gasteiger partial charge in [-0.1, -0.05) is 12.1 Å². The lowest BCUT2D eigenvalue weighted by Crippen LogP contribution is -2.01. The quantitative estimate of drug-likeness (QED) is 0.847. The van der Waals surface area contributed by atoms with Crippen LogP contribution in [0.15, 0.2) is 42.7 Å². The van der Waals surface area contributed by atoms with Gasteiger partial charge in [-0.05, 0) is 23.8 Å². The minimum atomic E-state index is 0.742. The molecule has 0 aliphatic carbocycles. The molecule has 0 saturated heterocycles. The van der Waals surface area contributed by atoms with Crippen molar-refractivity contribution in [2.24, 2.45) is 0 Å². The zero-order chi connectivity index (χ0) is 12.8. The smallest absolute Gasteiger partial charge is 0.119 e. The van der Waals surface area contributed by atoms with Gasteiger partial charge in [-0.15, -0.1) is 0 Å². The van der Waals surface area contributed by atoms with Crippen LogP contribution < -0.4 is 15.4 Å². The zero-order valence-corrected chi connectivity index (χ0v) is 10.6. The molecule has 4 nitrogen and oxygen atoms in total. The van der Waals surface area contributed by atoms with Crippen molar-refractivity contribution in [2.45, 2.75) is 6.54 Å². The standard InChI is InChI=1S/C14H17N3O/c1-15-12-7-13(10-16-9-12)17-8-11-4-3-5-14(6-11)18-2/h3-7,9-10,15,17H,8H2,1-2H3. The van der Waals surface area contributed by atoms with Gasteiger partial charge >= 0.3 is 0 Å². The Morgan fingerprint density at radius 2 is 2.00 bits per heavy atom. The van der Waals surface area contributed by atoms with E-state index in [9.17, 15) is 0 Å². The van der Waals surface area contributed by atoms with E-state index in [0.29, 0.717) is 0 Å². The summed E-state index contributed by atoms with van der Waals surface area (Å²) in [6, 6.07) is 10.0. The minimum absolute atomic E-state index is 0.742. The van der Waals surface area contributed by atoms with Crippen LogP contribution in [0, 0.1) is 0 Å². The largest absolute Gasteiger partial charge is 0.497 e. The second-order valence-corrected chi connectivity index (χ2v) is 3.92. The molecular weight excluding hydrogens is 226 g/mol. The van der Waals surface area contributed by atoms with Crippen molar-refractivity contribution < 1.29 is 4.74 Å². The number of anilines is 2. The zero-order valence-electron chi connectivity index (χ0n) is 10.6. The van der Waals surface area contributed by atoms with Crippen LogP contribution >= 0.6 is 0 Å². The molecule has 4 heteroatoms. The molecular formula is C14H17N3O. The Hall–Kier alpha value is -2.23. The summed E-state index contributed by atoms with van der Waals surface area (Å²) in [5.74, 6) is 0.872. The summed E-state index contributed by atoms with van der Waals surface area (Å²) in [4.78, 5) is 4.15. The van der Waals surface area contributed by atoms with Crippen molar-refractivity contribution in [3.63, 3.8) is 0 Å². The number of aromatic nitrogens is 1. The molecule has 0 amide bonds. The average Bonchev–Trinajstić information content (AvgIpc) is 2.45. The molecule has 0 aliphatic heterocycles. The molecule has 1 aromatic carbocycles. The minimum Gasteiger partial charge on any atom is -0.497 e. The van der Waals surface area contributed by atoms with E-state index in [4.69, 9.17) is 4.74 Å². The first-order valence-electron chi connectivity index (χ1n) is 5.81. The summed E-state index contributed by atoms with van der Waals surface area (Å²) < 4.78 is 5.19. The SMILES string of the molecule is CNc1cncc(NCc2cccc(OC)c2)c1. The molecule has 2 rings (SSSR count). The van der Waals surface area contributed by atoms with E-state index in [2.05, 4.69) is 21.7 Å². The van der Waals surface area contributed by atoms with Crippen molar-refractivity contribution in [3.8, 4) is 5.75 Å². The van der Waals surface area contributed by atoms with E-state index in [1.165, 1.54) is 5.56 Å². The van der Waals surface area contributed by atoms with Crippen LogP contribution in [-0.4, -0.2) is 19.1 Å². The van der Waals surface area contributed by atoms with E-state index >= 15 is 0 Å². The van der Waals surface area contributed by atoms with Crippen molar-refractivity contribution >= 4 is 11.4 Å². The van der Waals surface area contributed by atoms with Gasteiger partial charge in [0.1, 0.15) is 5.75 Å². The molecule has 0 spiro atoms. The molecule has 0 aliphatic rings. The number of nitrogens with one attached hydrogen (secondary N) is 2. The second kappa shape index (κ2) is 5.91. The monoisotopic (exact) mass is 243 g/mol. The number of ether oxygens (including phenoxy) is 1. The van der Waals surface area contributed by atoms with Gasteiger partial charge in [0.25, 0.3) is 0 Å². The summed E-state index contributed by atoms with van der Waals surface area (Å²) in [6.45, 7) is 0.742. The van der Waals surface area contributed by atoms with Crippen LogP contribution in [0.2, 0.25) is 0 Å². The van der Waals surface area contributed by atoms with Crippen molar-refractivity contribution in [1.29, 1.82) is 0 Å². The molecule has 0 saturated carbocycles. The highest BCUT2D eigenvalue weighted by Gasteiger charge is 1.98. The fraction of sp³-hybridized carbons (Fsp3) is 0.214. The molecule has 1 aromatic heterocycles. The number of methoxy groups -OCH3 is 1. The van der Waals surface area contributed by atoms with Gasteiger partial charge in [-0.25, -0.2) is 0 Å². The fourth-order valence-electron chi connectivity index (χ4n) is 1.66. The highest BCUT2D eigenvalue weighted by Crippen LogP contribution is 2.16. The molecule has 0 fully saturated rings. The maximum atomic E-state index is 5.19. The second-order valence-electron chi connectivity index (χ2n) is 3.92. The lowest BCUT2D eigenvalue weighted by atomic mass is 10.2. The molecule has 0 unspecified atom stereocenters. The first kappa shape index (κ1) is 12.2. The fourth-order valence-corrected chi connectivity index (χ4v) is 1.66.